The molecule has 6 nitrogen and oxygen atoms in total. The highest BCUT2D eigenvalue weighted by Gasteiger charge is 2.70. The molecule has 0 aromatic rings. The molecule has 0 unspecified atom stereocenters. The first-order valence-electron chi connectivity index (χ1n) is 7.82. The number of fused-ring (bicyclic) bond motifs is 1. The highest BCUT2D eigenvalue weighted by molar-refractivity contribution is 5.92. The Balaban J connectivity index is 1.50. The van der Waals surface area contributed by atoms with Gasteiger partial charge in [-0.1, -0.05) is 0 Å². The van der Waals surface area contributed by atoms with E-state index in [1.807, 2.05) is 0 Å². The van der Waals surface area contributed by atoms with Crippen LogP contribution in [-0.4, -0.2) is 65.8 Å². The number of carboxylic acids is 1. The molecule has 8 heteroatoms. The van der Waals surface area contributed by atoms with Crippen LogP contribution in [-0.2, 0) is 19.1 Å². The van der Waals surface area contributed by atoms with Crippen LogP contribution in [0.15, 0.2) is 0 Å². The van der Waals surface area contributed by atoms with Gasteiger partial charge in [0.2, 0.25) is 0 Å². The average molecular weight is 333 g/mol. The van der Waals surface area contributed by atoms with Crippen molar-refractivity contribution in [2.45, 2.75) is 50.2 Å². The minimum absolute atomic E-state index is 0.0826. The number of halogens is 2. The monoisotopic (exact) mass is 333 g/mol. The van der Waals surface area contributed by atoms with Crippen molar-refractivity contribution in [2.75, 3.05) is 26.3 Å². The molecule has 0 radical (unpaired) electrons. The van der Waals surface area contributed by atoms with Crippen LogP contribution in [0.3, 0.4) is 0 Å². The normalized spacial score (nSPS) is 34.3. The number of aliphatic carboxylic acids is 1. The van der Waals surface area contributed by atoms with Crippen LogP contribution in [0.25, 0.3) is 0 Å². The number of carbonyl (C=O) groups is 2. The van der Waals surface area contributed by atoms with Crippen molar-refractivity contribution in [3.05, 3.63) is 0 Å². The number of carboxylic acid groups (broad SMARTS) is 1. The van der Waals surface area contributed by atoms with E-state index in [-0.39, 0.29) is 31.5 Å². The number of hydrogen-bond donors (Lipinski definition) is 1. The van der Waals surface area contributed by atoms with Gasteiger partial charge in [0, 0.05) is 32.9 Å². The molecule has 3 heterocycles. The lowest BCUT2D eigenvalue weighted by atomic mass is 9.62. The number of carbonyl (C=O) groups excluding carboxylic acids is 1. The molecule has 0 spiro atoms. The Labute approximate surface area is 132 Å². The summed E-state index contributed by atoms with van der Waals surface area (Å²) in [5.41, 5.74) is -1.88. The largest absolute Gasteiger partial charge is 0.481 e. The molecule has 1 saturated carbocycles. The molecule has 0 aromatic heterocycles. The van der Waals surface area contributed by atoms with Crippen molar-refractivity contribution < 1.29 is 33.0 Å². The third kappa shape index (κ3) is 2.94. The minimum atomic E-state index is -2.85. The molecule has 4 fully saturated rings. The lowest BCUT2D eigenvalue weighted by Gasteiger charge is -2.44. The van der Waals surface area contributed by atoms with Gasteiger partial charge in [0.25, 0.3) is 11.8 Å². The van der Waals surface area contributed by atoms with E-state index in [1.165, 1.54) is 0 Å². The Bertz CT molecular complexity index is 504. The summed E-state index contributed by atoms with van der Waals surface area (Å²) in [6.45, 7) is 1.13. The number of likely N-dealkylation sites (tertiary alicyclic amines) is 1. The van der Waals surface area contributed by atoms with Crippen molar-refractivity contribution in [3.63, 3.8) is 0 Å². The smallest absolute Gasteiger partial charge is 0.312 e. The van der Waals surface area contributed by atoms with Gasteiger partial charge in [-0.15, -0.1) is 0 Å². The molecule has 0 aromatic carbocycles. The second-order valence-corrected chi connectivity index (χ2v) is 7.09. The molecule has 1 amide bonds. The van der Waals surface area contributed by atoms with Crippen molar-refractivity contribution >= 4 is 11.9 Å². The van der Waals surface area contributed by atoms with Gasteiger partial charge in [-0.05, 0) is 12.8 Å². The van der Waals surface area contributed by atoms with E-state index in [0.717, 1.165) is 6.92 Å². The van der Waals surface area contributed by atoms with E-state index < -0.39 is 29.5 Å². The second-order valence-electron chi connectivity index (χ2n) is 7.09. The van der Waals surface area contributed by atoms with E-state index in [1.54, 1.807) is 4.90 Å². The summed E-state index contributed by atoms with van der Waals surface area (Å²) in [5.74, 6) is -3.94. The highest BCUT2D eigenvalue weighted by atomic mass is 19.3. The van der Waals surface area contributed by atoms with Crippen molar-refractivity contribution in [3.8, 4) is 0 Å². The van der Waals surface area contributed by atoms with Crippen LogP contribution in [0.4, 0.5) is 8.78 Å². The summed E-state index contributed by atoms with van der Waals surface area (Å²) < 4.78 is 36.3. The maximum Gasteiger partial charge on any atom is 0.312 e. The van der Waals surface area contributed by atoms with E-state index in [9.17, 15) is 23.5 Å². The van der Waals surface area contributed by atoms with Crippen LogP contribution >= 0.6 is 0 Å². The van der Waals surface area contributed by atoms with Gasteiger partial charge in [0.1, 0.15) is 12.2 Å². The molecule has 3 aliphatic heterocycles. The predicted octanol–water partition coefficient (Wildman–Crippen LogP) is 1.28. The molecule has 23 heavy (non-hydrogen) atoms. The minimum Gasteiger partial charge on any atom is -0.481 e. The molecule has 4 rings (SSSR count). The molecule has 1 aliphatic carbocycles. The van der Waals surface area contributed by atoms with Crippen molar-refractivity contribution in [1.82, 2.24) is 4.90 Å². The first-order valence-corrected chi connectivity index (χ1v) is 7.82. The Morgan fingerprint density at radius 2 is 1.96 bits per heavy atom. The summed E-state index contributed by atoms with van der Waals surface area (Å²) in [6.07, 6.45) is 1.19. The highest BCUT2D eigenvalue weighted by Crippen LogP contribution is 2.58. The Morgan fingerprint density at radius 1 is 1.35 bits per heavy atom. The zero-order valence-corrected chi connectivity index (χ0v) is 13.0. The summed E-state index contributed by atoms with van der Waals surface area (Å²) in [4.78, 5) is 25.5. The van der Waals surface area contributed by atoms with E-state index in [0.29, 0.717) is 25.9 Å². The Kier molecular flexibility index (Phi) is 3.87. The first-order chi connectivity index (χ1) is 10.7. The van der Waals surface area contributed by atoms with Gasteiger partial charge in [0.15, 0.2) is 0 Å². The molecule has 4 aliphatic rings. The lowest BCUT2D eigenvalue weighted by Crippen LogP contribution is -2.59. The molecular formula is C15H21F2NO5. The summed E-state index contributed by atoms with van der Waals surface area (Å²) in [7, 11) is 0. The van der Waals surface area contributed by atoms with Gasteiger partial charge >= 0.3 is 5.97 Å². The third-order valence-electron chi connectivity index (χ3n) is 5.02. The number of ether oxygens (including phenoxy) is 2. The fourth-order valence-electron chi connectivity index (χ4n) is 3.73. The van der Waals surface area contributed by atoms with Crippen LogP contribution in [0.1, 0.15) is 32.6 Å². The predicted molar refractivity (Wildman–Crippen MR) is 74.2 cm³/mol. The Morgan fingerprint density at radius 3 is 2.43 bits per heavy atom. The van der Waals surface area contributed by atoms with E-state index in [4.69, 9.17) is 9.47 Å². The van der Waals surface area contributed by atoms with Crippen LogP contribution in [0.5, 0.6) is 0 Å². The quantitative estimate of drug-likeness (QED) is 0.820. The third-order valence-corrected chi connectivity index (χ3v) is 5.02. The average Bonchev–Trinajstić information content (AvgIpc) is 3.01. The summed E-state index contributed by atoms with van der Waals surface area (Å²) in [5, 5.41) is 9.19. The molecule has 0 atom stereocenters. The number of hydrogen-bond acceptors (Lipinski definition) is 4. The van der Waals surface area contributed by atoms with Crippen LogP contribution in [0.2, 0.25) is 0 Å². The topological polar surface area (TPSA) is 76.1 Å². The molecule has 3 saturated heterocycles. The molecule has 2 bridgehead atoms. The second kappa shape index (κ2) is 5.37. The van der Waals surface area contributed by atoms with Crippen molar-refractivity contribution in [1.29, 1.82) is 0 Å². The van der Waals surface area contributed by atoms with E-state index >= 15 is 0 Å². The van der Waals surface area contributed by atoms with Crippen molar-refractivity contribution in [2.24, 2.45) is 5.41 Å². The zero-order valence-electron chi connectivity index (χ0n) is 13.0. The summed E-state index contributed by atoms with van der Waals surface area (Å²) >= 11 is 0. The summed E-state index contributed by atoms with van der Waals surface area (Å²) in [6, 6.07) is 0. The number of rotatable bonds is 5. The fraction of sp³-hybridized carbons (Fsp3) is 0.867. The van der Waals surface area contributed by atoms with Gasteiger partial charge in [0.05, 0.1) is 18.1 Å². The fourth-order valence-corrected chi connectivity index (χ4v) is 3.73. The SMILES string of the molecule is CC(F)(F)COC1CCN(C(=O)C23CC(C(=O)O)(CO2)C3)CC1. The maximum atomic E-state index is 12.8. The number of nitrogens with zero attached hydrogens (tertiary/aromatic N) is 1. The number of piperidine rings is 1. The van der Waals surface area contributed by atoms with E-state index in [2.05, 4.69) is 0 Å². The van der Waals surface area contributed by atoms with Gasteiger partial charge in [-0.25, -0.2) is 8.78 Å². The first kappa shape index (κ1) is 16.6. The van der Waals surface area contributed by atoms with Gasteiger partial charge < -0.3 is 19.5 Å². The van der Waals surface area contributed by atoms with Gasteiger partial charge in [-0.2, -0.15) is 0 Å². The van der Waals surface area contributed by atoms with Crippen LogP contribution < -0.4 is 0 Å². The van der Waals surface area contributed by atoms with Gasteiger partial charge in [-0.3, -0.25) is 9.59 Å². The van der Waals surface area contributed by atoms with Crippen LogP contribution in [0, 0.1) is 5.41 Å². The number of amides is 1. The number of alkyl halides is 2. The molecule has 130 valence electrons. The maximum absolute atomic E-state index is 12.8. The lowest BCUT2D eigenvalue weighted by molar-refractivity contribution is -0.166. The molecule has 1 N–H and O–H groups in total. The standard InChI is InChI=1S/C15H21F2NO5/c1-13(16,17)8-22-10-2-4-18(5-3-10)11(19)15-6-14(7-15,9-23-15)12(20)21/h10H,2-9H2,1H3,(H,20,21). The molecular weight excluding hydrogens is 312 g/mol. The Hall–Kier alpha value is -1.28. The zero-order chi connectivity index (χ0) is 16.9.